The summed E-state index contributed by atoms with van der Waals surface area (Å²) in [7, 11) is 2.14. The van der Waals surface area contributed by atoms with Gasteiger partial charge >= 0.3 is 12.1 Å². The average Bonchev–Trinajstić information content (AvgIpc) is 2.99. The van der Waals surface area contributed by atoms with Crippen LogP contribution in [0.5, 0.6) is 0 Å². The molecule has 0 aliphatic carbocycles. The van der Waals surface area contributed by atoms with Gasteiger partial charge in [-0.05, 0) is 83.6 Å². The Morgan fingerprint density at radius 1 is 0.889 bits per heavy atom. The number of ether oxygens (including phenoxy) is 1. The van der Waals surface area contributed by atoms with Gasteiger partial charge in [-0.15, -0.1) is 0 Å². The number of para-hydroxylation sites is 2. The molecule has 0 saturated carbocycles. The van der Waals surface area contributed by atoms with Crippen molar-refractivity contribution in [2.24, 2.45) is 0 Å². The molecule has 2 aromatic carbocycles. The number of urea groups is 1. The molecule has 240 valence electrons. The summed E-state index contributed by atoms with van der Waals surface area (Å²) < 4.78 is 5.33. The zero-order valence-corrected chi connectivity index (χ0v) is 26.9. The first-order valence-corrected chi connectivity index (χ1v) is 15.3. The fourth-order valence-electron chi connectivity index (χ4n) is 4.82. The summed E-state index contributed by atoms with van der Waals surface area (Å²) in [5, 5.41) is 8.51. The molecule has 0 bridgehead atoms. The van der Waals surface area contributed by atoms with Crippen LogP contribution in [0.1, 0.15) is 48.8 Å². The van der Waals surface area contributed by atoms with Gasteiger partial charge in [0.2, 0.25) is 0 Å². The van der Waals surface area contributed by atoms with E-state index in [1.807, 2.05) is 31.2 Å². The molecule has 4 rings (SSSR count). The van der Waals surface area contributed by atoms with E-state index in [2.05, 4.69) is 37.8 Å². The van der Waals surface area contributed by atoms with Gasteiger partial charge in [-0.25, -0.2) is 9.59 Å². The molecular weight excluding hydrogens is 570 g/mol. The van der Waals surface area contributed by atoms with Crippen molar-refractivity contribution in [1.29, 1.82) is 0 Å². The molecule has 0 unspecified atom stereocenters. The normalized spacial score (nSPS) is 14.0. The Bertz CT molecular complexity index is 1430. The van der Waals surface area contributed by atoms with Gasteiger partial charge in [-0.2, -0.15) is 0 Å². The number of anilines is 3. The number of rotatable bonds is 10. The molecular formula is C34H45N7O4. The van der Waals surface area contributed by atoms with E-state index < -0.39 is 17.6 Å². The van der Waals surface area contributed by atoms with Gasteiger partial charge in [0.15, 0.2) is 0 Å². The first-order chi connectivity index (χ1) is 21.4. The maximum absolute atomic E-state index is 13.4. The van der Waals surface area contributed by atoms with E-state index in [4.69, 9.17) is 4.74 Å². The molecule has 1 aliphatic heterocycles. The highest BCUT2D eigenvalue weighted by Gasteiger charge is 2.20. The summed E-state index contributed by atoms with van der Waals surface area (Å²) in [6, 6.07) is 17.8. The molecule has 1 fully saturated rings. The van der Waals surface area contributed by atoms with E-state index in [0.29, 0.717) is 24.5 Å². The second kappa shape index (κ2) is 15.5. The Balaban J connectivity index is 1.39. The highest BCUT2D eigenvalue weighted by molar-refractivity contribution is 6.05. The number of nitrogens with zero attached hydrogens (tertiary/aromatic N) is 4. The highest BCUT2D eigenvalue weighted by Crippen LogP contribution is 2.23. The minimum atomic E-state index is -0.657. The first-order valence-electron chi connectivity index (χ1n) is 15.3. The molecule has 45 heavy (non-hydrogen) atoms. The lowest BCUT2D eigenvalue weighted by Crippen LogP contribution is -2.45. The molecule has 1 aliphatic rings. The van der Waals surface area contributed by atoms with Gasteiger partial charge in [-0.3, -0.25) is 15.1 Å². The molecule has 1 saturated heterocycles. The van der Waals surface area contributed by atoms with Crippen molar-refractivity contribution in [3.8, 4) is 0 Å². The summed E-state index contributed by atoms with van der Waals surface area (Å²) in [5.74, 6) is -0.430. The average molecular weight is 616 g/mol. The Morgan fingerprint density at radius 2 is 1.56 bits per heavy atom. The number of pyridine rings is 1. The standard InChI is InChI=1S/C34H45N7O4/c1-25-11-14-27(15-12-25)36-32(43)41(18-8-17-40-21-19-39(5)20-22-40)24-26-13-16-30(35-23-26)31(42)37-28-9-6-7-10-29(28)38-33(44)45-34(2,3)4/h6-7,9-16,23H,8,17-22,24H2,1-5H3,(H,36,43)(H,37,42)(H,38,44). The van der Waals surface area contributed by atoms with Crippen molar-refractivity contribution in [3.05, 3.63) is 83.7 Å². The molecule has 2 heterocycles. The molecule has 11 nitrogen and oxygen atoms in total. The van der Waals surface area contributed by atoms with Crippen LogP contribution >= 0.6 is 0 Å². The second-order valence-corrected chi connectivity index (χ2v) is 12.4. The van der Waals surface area contributed by atoms with E-state index >= 15 is 0 Å². The third kappa shape index (κ3) is 10.9. The number of carbonyl (C=O) groups is 3. The molecule has 4 amide bonds. The number of hydrogen-bond donors (Lipinski definition) is 3. The summed E-state index contributed by atoms with van der Waals surface area (Å²) in [6.07, 6.45) is 1.84. The van der Waals surface area contributed by atoms with Crippen molar-refractivity contribution in [2.75, 3.05) is 62.3 Å². The lowest BCUT2D eigenvalue weighted by molar-refractivity contribution is 0.0635. The fraction of sp³-hybridized carbons (Fsp3) is 0.412. The zero-order chi connectivity index (χ0) is 32.4. The van der Waals surface area contributed by atoms with Crippen LogP contribution in [0.15, 0.2) is 66.9 Å². The molecule has 11 heteroatoms. The molecule has 3 N–H and O–H groups in total. The minimum absolute atomic E-state index is 0.187. The summed E-state index contributed by atoms with van der Waals surface area (Å²) in [6.45, 7) is 13.3. The quantitative estimate of drug-likeness (QED) is 0.269. The zero-order valence-electron chi connectivity index (χ0n) is 26.9. The van der Waals surface area contributed by atoms with Crippen LogP contribution in [-0.2, 0) is 11.3 Å². The summed E-state index contributed by atoms with van der Waals surface area (Å²) >= 11 is 0. The number of nitrogens with one attached hydrogen (secondary N) is 3. The maximum Gasteiger partial charge on any atom is 0.412 e. The second-order valence-electron chi connectivity index (χ2n) is 12.4. The van der Waals surface area contributed by atoms with Crippen LogP contribution in [0.2, 0.25) is 0 Å². The monoisotopic (exact) mass is 615 g/mol. The number of benzene rings is 2. The largest absolute Gasteiger partial charge is 0.444 e. The third-order valence-electron chi connectivity index (χ3n) is 7.33. The van der Waals surface area contributed by atoms with E-state index in [1.54, 1.807) is 68.3 Å². The van der Waals surface area contributed by atoms with Gasteiger partial charge in [0.1, 0.15) is 11.3 Å². The van der Waals surface area contributed by atoms with Crippen molar-refractivity contribution in [1.82, 2.24) is 19.7 Å². The minimum Gasteiger partial charge on any atom is -0.444 e. The van der Waals surface area contributed by atoms with Crippen LogP contribution in [0.3, 0.4) is 0 Å². The van der Waals surface area contributed by atoms with Crippen LogP contribution in [0, 0.1) is 6.92 Å². The predicted octanol–water partition coefficient (Wildman–Crippen LogP) is 5.66. The molecule has 3 aromatic rings. The van der Waals surface area contributed by atoms with E-state index in [1.165, 1.54) is 0 Å². The Labute approximate surface area is 265 Å². The predicted molar refractivity (Wildman–Crippen MR) is 178 cm³/mol. The van der Waals surface area contributed by atoms with Gasteiger partial charge in [0.05, 0.1) is 11.4 Å². The molecule has 1 aromatic heterocycles. The highest BCUT2D eigenvalue weighted by atomic mass is 16.6. The van der Waals surface area contributed by atoms with Crippen molar-refractivity contribution in [2.45, 2.75) is 46.3 Å². The summed E-state index contributed by atoms with van der Waals surface area (Å²) in [5.41, 5.74) is 3.03. The number of amides is 4. The molecule has 0 radical (unpaired) electrons. The third-order valence-corrected chi connectivity index (χ3v) is 7.33. The molecule has 0 spiro atoms. The van der Waals surface area contributed by atoms with Crippen LogP contribution in [0.25, 0.3) is 0 Å². The van der Waals surface area contributed by atoms with E-state index in [0.717, 1.165) is 56.0 Å². The fourth-order valence-corrected chi connectivity index (χ4v) is 4.82. The van der Waals surface area contributed by atoms with Crippen LogP contribution in [-0.4, -0.2) is 89.6 Å². The van der Waals surface area contributed by atoms with E-state index in [-0.39, 0.29) is 11.7 Å². The number of aromatic nitrogens is 1. The Kier molecular flexibility index (Phi) is 11.5. The van der Waals surface area contributed by atoms with Crippen molar-refractivity contribution < 1.29 is 19.1 Å². The van der Waals surface area contributed by atoms with Gasteiger partial charge in [0.25, 0.3) is 5.91 Å². The van der Waals surface area contributed by atoms with Gasteiger partial charge in [-0.1, -0.05) is 35.9 Å². The van der Waals surface area contributed by atoms with Crippen molar-refractivity contribution in [3.63, 3.8) is 0 Å². The Hall–Kier alpha value is -4.48. The topological polar surface area (TPSA) is 119 Å². The first kappa shape index (κ1) is 33.4. The van der Waals surface area contributed by atoms with E-state index in [9.17, 15) is 14.4 Å². The summed E-state index contributed by atoms with van der Waals surface area (Å²) in [4.78, 5) is 49.6. The van der Waals surface area contributed by atoms with Gasteiger partial charge in [0, 0.05) is 51.2 Å². The number of piperazine rings is 1. The van der Waals surface area contributed by atoms with Gasteiger partial charge < -0.3 is 30.1 Å². The maximum atomic E-state index is 13.4. The number of likely N-dealkylation sites (N-methyl/N-ethyl adjacent to an activating group) is 1. The smallest absolute Gasteiger partial charge is 0.412 e. The number of carbonyl (C=O) groups excluding carboxylic acids is 3. The van der Waals surface area contributed by atoms with Crippen LogP contribution in [0.4, 0.5) is 26.7 Å². The van der Waals surface area contributed by atoms with Crippen LogP contribution < -0.4 is 16.0 Å². The lowest BCUT2D eigenvalue weighted by Gasteiger charge is -2.33. The number of hydrogen-bond acceptors (Lipinski definition) is 7. The van der Waals surface area contributed by atoms with Crippen molar-refractivity contribution >= 4 is 35.1 Å². The Morgan fingerprint density at radius 3 is 2.18 bits per heavy atom. The SMILES string of the molecule is Cc1ccc(NC(=O)N(CCCN2CCN(C)CC2)Cc2ccc(C(=O)Nc3ccccc3NC(=O)OC(C)(C)C)nc2)cc1. The number of aryl methyl sites for hydroxylation is 1. The molecule has 0 atom stereocenters. The lowest BCUT2D eigenvalue weighted by atomic mass is 10.2.